The first-order valence-electron chi connectivity index (χ1n) is 9.36. The molecule has 1 aromatic heterocycles. The minimum atomic E-state index is -0.440. The van der Waals surface area contributed by atoms with Crippen molar-refractivity contribution in [3.05, 3.63) is 65.9 Å². The normalized spacial score (nSPS) is 10.9. The summed E-state index contributed by atoms with van der Waals surface area (Å²) in [7, 11) is 6.65. The molecule has 6 nitrogen and oxygen atoms in total. The molecular weight excluding hydrogens is 366 g/mol. The number of nitrogens with zero attached hydrogens (tertiary/aromatic N) is 3. The number of hydrogen-bond acceptors (Lipinski definition) is 5. The Kier molecular flexibility index (Phi) is 6.24. The first-order valence-corrected chi connectivity index (χ1v) is 9.36. The molecule has 1 heterocycles. The summed E-state index contributed by atoms with van der Waals surface area (Å²) in [5.74, 6) is -0.458. The van der Waals surface area contributed by atoms with E-state index in [0.717, 1.165) is 22.0 Å². The first kappa shape index (κ1) is 20.5. The summed E-state index contributed by atoms with van der Waals surface area (Å²) in [6.07, 6.45) is 0. The van der Waals surface area contributed by atoms with E-state index < -0.39 is 5.97 Å². The standard InChI is InChI=1S/C23H25N3O3/c1-25(2)20(27)15-26(3)14-19-22(23(28)29-4)21(16-10-6-5-7-11-16)17-12-8-9-13-18(17)24-19/h5-13H,14-15H2,1-4H3. The average Bonchev–Trinajstić information content (AvgIpc) is 2.72. The zero-order chi connectivity index (χ0) is 21.0. The zero-order valence-electron chi connectivity index (χ0n) is 17.2. The highest BCUT2D eigenvalue weighted by molar-refractivity contribution is 6.07. The predicted molar refractivity (Wildman–Crippen MR) is 114 cm³/mol. The highest BCUT2D eigenvalue weighted by Crippen LogP contribution is 2.34. The van der Waals surface area contributed by atoms with E-state index >= 15 is 0 Å². The third-order valence-corrected chi connectivity index (χ3v) is 4.74. The van der Waals surface area contributed by atoms with Gasteiger partial charge in [-0.3, -0.25) is 14.7 Å². The Hall–Kier alpha value is -3.25. The van der Waals surface area contributed by atoms with E-state index in [2.05, 4.69) is 0 Å². The van der Waals surface area contributed by atoms with Crippen LogP contribution in [0.2, 0.25) is 0 Å². The summed E-state index contributed by atoms with van der Waals surface area (Å²) in [5, 5.41) is 0.884. The summed E-state index contributed by atoms with van der Waals surface area (Å²) < 4.78 is 5.12. The second kappa shape index (κ2) is 8.84. The third kappa shape index (κ3) is 4.43. The molecule has 1 amide bonds. The summed E-state index contributed by atoms with van der Waals surface area (Å²) in [6.45, 7) is 0.567. The summed E-state index contributed by atoms with van der Waals surface area (Å²) in [4.78, 5) is 33.1. The molecule has 0 spiro atoms. The number of rotatable bonds is 6. The Morgan fingerprint density at radius 3 is 2.28 bits per heavy atom. The second-order valence-electron chi connectivity index (χ2n) is 7.14. The maximum Gasteiger partial charge on any atom is 0.340 e. The minimum Gasteiger partial charge on any atom is -0.465 e. The molecule has 3 rings (SSSR count). The molecule has 3 aromatic rings. The quantitative estimate of drug-likeness (QED) is 0.604. The van der Waals surface area contributed by atoms with Gasteiger partial charge in [-0.25, -0.2) is 4.79 Å². The fraction of sp³-hybridized carbons (Fsp3) is 0.261. The molecule has 150 valence electrons. The average molecular weight is 391 g/mol. The van der Waals surface area contributed by atoms with Crippen LogP contribution in [0.1, 0.15) is 16.1 Å². The highest BCUT2D eigenvalue weighted by atomic mass is 16.5. The zero-order valence-corrected chi connectivity index (χ0v) is 17.2. The number of benzene rings is 2. The lowest BCUT2D eigenvalue weighted by atomic mass is 9.94. The molecule has 0 bridgehead atoms. The van der Waals surface area contributed by atoms with Crippen LogP contribution in [0.15, 0.2) is 54.6 Å². The Morgan fingerprint density at radius 2 is 1.62 bits per heavy atom. The van der Waals surface area contributed by atoms with Gasteiger partial charge in [-0.1, -0.05) is 48.5 Å². The third-order valence-electron chi connectivity index (χ3n) is 4.74. The van der Waals surface area contributed by atoms with Gasteiger partial charge < -0.3 is 9.64 Å². The number of carbonyl (C=O) groups is 2. The van der Waals surface area contributed by atoms with Gasteiger partial charge in [0.1, 0.15) is 0 Å². The Labute approximate surface area is 170 Å². The van der Waals surface area contributed by atoms with E-state index in [0.29, 0.717) is 17.8 Å². The molecule has 0 radical (unpaired) electrons. The van der Waals surface area contributed by atoms with Crippen molar-refractivity contribution in [3.63, 3.8) is 0 Å². The number of aromatic nitrogens is 1. The molecule has 0 aliphatic carbocycles. The Bertz CT molecular complexity index is 1030. The van der Waals surface area contributed by atoms with Gasteiger partial charge in [0.2, 0.25) is 5.91 Å². The van der Waals surface area contributed by atoms with E-state index in [1.54, 1.807) is 19.0 Å². The highest BCUT2D eigenvalue weighted by Gasteiger charge is 2.24. The molecule has 0 N–H and O–H groups in total. The maximum atomic E-state index is 12.8. The van der Waals surface area contributed by atoms with Gasteiger partial charge in [0.15, 0.2) is 0 Å². The van der Waals surface area contributed by atoms with E-state index in [-0.39, 0.29) is 12.5 Å². The van der Waals surface area contributed by atoms with Gasteiger partial charge in [0.05, 0.1) is 30.4 Å². The van der Waals surface area contributed by atoms with Crippen molar-refractivity contribution in [1.29, 1.82) is 0 Å². The van der Waals surface area contributed by atoms with Crippen LogP contribution < -0.4 is 0 Å². The number of esters is 1. The fourth-order valence-corrected chi connectivity index (χ4v) is 3.29. The Morgan fingerprint density at radius 1 is 0.966 bits per heavy atom. The van der Waals surface area contributed by atoms with Crippen LogP contribution in [-0.4, -0.2) is 61.5 Å². The van der Waals surface area contributed by atoms with Gasteiger partial charge >= 0.3 is 5.97 Å². The smallest absolute Gasteiger partial charge is 0.340 e. The van der Waals surface area contributed by atoms with Crippen molar-refractivity contribution in [2.24, 2.45) is 0 Å². The Balaban J connectivity index is 2.19. The van der Waals surface area contributed by atoms with E-state index in [1.165, 1.54) is 7.11 Å². The largest absolute Gasteiger partial charge is 0.465 e. The molecule has 2 aromatic carbocycles. The van der Waals surface area contributed by atoms with E-state index in [4.69, 9.17) is 9.72 Å². The first-order chi connectivity index (χ1) is 13.9. The van der Waals surface area contributed by atoms with Crippen molar-refractivity contribution in [1.82, 2.24) is 14.8 Å². The molecule has 0 aliphatic heterocycles. The monoisotopic (exact) mass is 391 g/mol. The topological polar surface area (TPSA) is 62.7 Å². The summed E-state index contributed by atoms with van der Waals surface area (Å²) in [6, 6.07) is 17.5. The van der Waals surface area contributed by atoms with Crippen molar-refractivity contribution in [3.8, 4) is 11.1 Å². The second-order valence-corrected chi connectivity index (χ2v) is 7.14. The van der Waals surface area contributed by atoms with Crippen molar-refractivity contribution < 1.29 is 14.3 Å². The number of fused-ring (bicyclic) bond motifs is 1. The number of ether oxygens (including phenoxy) is 1. The van der Waals surface area contributed by atoms with Gasteiger partial charge in [-0.05, 0) is 18.7 Å². The lowest BCUT2D eigenvalue weighted by Crippen LogP contribution is -2.34. The summed E-state index contributed by atoms with van der Waals surface area (Å²) >= 11 is 0. The molecule has 6 heteroatoms. The van der Waals surface area contributed by atoms with Crippen molar-refractivity contribution in [2.45, 2.75) is 6.54 Å². The van der Waals surface area contributed by atoms with Gasteiger partial charge in [0, 0.05) is 31.6 Å². The van der Waals surface area contributed by atoms with Crippen molar-refractivity contribution >= 4 is 22.8 Å². The predicted octanol–water partition coefficient (Wildman–Crippen LogP) is 3.21. The molecule has 0 fully saturated rings. The van der Waals surface area contributed by atoms with Crippen LogP contribution >= 0.6 is 0 Å². The number of amides is 1. The number of para-hydroxylation sites is 1. The van der Waals surface area contributed by atoms with Crippen LogP contribution in [0.5, 0.6) is 0 Å². The van der Waals surface area contributed by atoms with Crippen LogP contribution in [0, 0.1) is 0 Å². The van der Waals surface area contributed by atoms with Gasteiger partial charge in [-0.15, -0.1) is 0 Å². The molecule has 0 saturated carbocycles. The lowest BCUT2D eigenvalue weighted by Gasteiger charge is -2.21. The van der Waals surface area contributed by atoms with E-state index in [1.807, 2.05) is 66.5 Å². The lowest BCUT2D eigenvalue weighted by molar-refractivity contribution is -0.129. The van der Waals surface area contributed by atoms with Crippen LogP contribution in [0.25, 0.3) is 22.0 Å². The van der Waals surface area contributed by atoms with Crippen LogP contribution in [0.4, 0.5) is 0 Å². The fourth-order valence-electron chi connectivity index (χ4n) is 3.29. The number of carbonyl (C=O) groups excluding carboxylic acids is 2. The minimum absolute atomic E-state index is 0.0174. The molecular formula is C23H25N3O3. The molecule has 0 atom stereocenters. The number of likely N-dealkylation sites (N-methyl/N-ethyl adjacent to an activating group) is 2. The van der Waals surface area contributed by atoms with Crippen molar-refractivity contribution in [2.75, 3.05) is 34.8 Å². The number of methoxy groups -OCH3 is 1. The molecule has 0 aliphatic rings. The van der Waals surface area contributed by atoms with Crippen LogP contribution in [-0.2, 0) is 16.1 Å². The summed E-state index contributed by atoms with van der Waals surface area (Å²) in [5.41, 5.74) is 3.52. The van der Waals surface area contributed by atoms with Crippen LogP contribution in [0.3, 0.4) is 0 Å². The SMILES string of the molecule is COC(=O)c1c(CN(C)CC(=O)N(C)C)nc2ccccc2c1-c1ccccc1. The molecule has 29 heavy (non-hydrogen) atoms. The maximum absolute atomic E-state index is 12.8. The van der Waals surface area contributed by atoms with Gasteiger partial charge in [0.25, 0.3) is 0 Å². The number of hydrogen-bond donors (Lipinski definition) is 0. The van der Waals surface area contributed by atoms with Gasteiger partial charge in [-0.2, -0.15) is 0 Å². The molecule has 0 unspecified atom stereocenters. The number of pyridine rings is 1. The van der Waals surface area contributed by atoms with E-state index in [9.17, 15) is 9.59 Å². The molecule has 0 saturated heterocycles.